The largest absolute Gasteiger partial charge is 0.320 e. The predicted molar refractivity (Wildman–Crippen MR) is 132 cm³/mol. The van der Waals surface area contributed by atoms with E-state index < -0.39 is 11.8 Å². The number of aromatic nitrogens is 3. The first-order valence-electron chi connectivity index (χ1n) is 11.1. The van der Waals surface area contributed by atoms with Crippen molar-refractivity contribution >= 4 is 40.7 Å². The van der Waals surface area contributed by atoms with Crippen LogP contribution in [0.4, 0.5) is 11.5 Å². The molecule has 0 spiro atoms. The van der Waals surface area contributed by atoms with Crippen molar-refractivity contribution in [2.45, 2.75) is 19.4 Å². The number of hydrogen-bond donors (Lipinski definition) is 4. The summed E-state index contributed by atoms with van der Waals surface area (Å²) in [5, 5.41) is 20.8. The molecule has 0 bridgehead atoms. The number of hydrogen-bond acceptors (Lipinski definition) is 8. The van der Waals surface area contributed by atoms with Crippen molar-refractivity contribution in [2.24, 2.45) is 0 Å². The van der Waals surface area contributed by atoms with Gasteiger partial charge in [0.15, 0.2) is 11.5 Å². The number of rotatable bonds is 6. The Morgan fingerprint density at radius 1 is 1.00 bits per heavy atom. The summed E-state index contributed by atoms with van der Waals surface area (Å²) in [6.07, 6.45) is 2.42. The third kappa shape index (κ3) is 6.24. The number of amides is 2. The van der Waals surface area contributed by atoms with Crippen molar-refractivity contribution in [1.82, 2.24) is 25.8 Å². The minimum Gasteiger partial charge on any atom is -0.320 e. The molecular formula is C24H24ClN7O3. The van der Waals surface area contributed by atoms with Crippen molar-refractivity contribution in [3.8, 4) is 0 Å². The summed E-state index contributed by atoms with van der Waals surface area (Å²) in [4.78, 5) is 41.8. The number of halogens is 1. The number of nitrogens with zero attached hydrogens (tertiary/aromatic N) is 3. The minimum atomic E-state index is -0.549. The number of carbonyl (C=O) groups excluding carboxylic acids is 3. The molecular weight excluding hydrogens is 470 g/mol. The summed E-state index contributed by atoms with van der Waals surface area (Å²) in [7, 11) is 0. The van der Waals surface area contributed by atoms with Gasteiger partial charge in [-0.3, -0.25) is 14.4 Å². The highest BCUT2D eigenvalue weighted by atomic mass is 35.5. The van der Waals surface area contributed by atoms with E-state index in [0.717, 1.165) is 31.7 Å². The van der Waals surface area contributed by atoms with E-state index in [0.29, 0.717) is 10.6 Å². The second kappa shape index (κ2) is 11.1. The average molecular weight is 494 g/mol. The molecule has 2 amide bonds. The van der Waals surface area contributed by atoms with Crippen LogP contribution < -0.4 is 21.3 Å². The van der Waals surface area contributed by atoms with Crippen molar-refractivity contribution < 1.29 is 14.4 Å². The molecule has 1 fully saturated rings. The maximum Gasteiger partial charge on any atom is 0.276 e. The second-order valence-electron chi connectivity index (χ2n) is 7.99. The fourth-order valence-corrected chi connectivity index (χ4v) is 3.66. The molecule has 180 valence electrons. The molecule has 1 aromatic carbocycles. The number of Topliss-reactive ketones (excluding diaryl/α,β-unsaturated/α-hetero) is 1. The van der Waals surface area contributed by atoms with E-state index in [1.807, 2.05) is 0 Å². The molecule has 0 aliphatic carbocycles. The minimum absolute atomic E-state index is 0.0120. The lowest BCUT2D eigenvalue weighted by atomic mass is 10.0. The van der Waals surface area contributed by atoms with Crippen molar-refractivity contribution in [3.05, 3.63) is 76.2 Å². The maximum atomic E-state index is 13.0. The summed E-state index contributed by atoms with van der Waals surface area (Å²) >= 11 is 5.84. The third-order valence-electron chi connectivity index (χ3n) is 5.43. The second-order valence-corrected chi connectivity index (χ2v) is 8.43. The fraction of sp³-hybridized carbons (Fsp3) is 0.250. The van der Waals surface area contributed by atoms with Gasteiger partial charge >= 0.3 is 0 Å². The van der Waals surface area contributed by atoms with Gasteiger partial charge in [-0.15, -0.1) is 5.10 Å². The lowest BCUT2D eigenvalue weighted by Crippen LogP contribution is -2.28. The van der Waals surface area contributed by atoms with Crippen molar-refractivity contribution in [2.75, 3.05) is 30.3 Å². The monoisotopic (exact) mass is 493 g/mol. The van der Waals surface area contributed by atoms with Crippen LogP contribution in [0.1, 0.15) is 56.3 Å². The number of benzene rings is 1. The molecule has 4 N–H and O–H groups in total. The van der Waals surface area contributed by atoms with Crippen LogP contribution >= 0.6 is 11.6 Å². The summed E-state index contributed by atoms with van der Waals surface area (Å²) in [5.74, 6) is -1.03. The Morgan fingerprint density at radius 2 is 1.86 bits per heavy atom. The van der Waals surface area contributed by atoms with Crippen molar-refractivity contribution in [3.63, 3.8) is 0 Å². The molecule has 1 atom stereocenters. The van der Waals surface area contributed by atoms with E-state index in [2.05, 4.69) is 36.4 Å². The molecule has 1 aliphatic heterocycles. The standard InChI is InChI=1S/C24H24ClN7O3/c1-14(33)15-3-5-18(17(11-15)23(34)30-22-8-4-16(25)12-28-22)29-24(35)20-7-6-19(31-32-20)21-13-26-9-2-10-27-21/h3-8,11-12,21,26-27H,2,9-10,13H2,1H3,(H,29,35)(H,28,30,34). The molecule has 11 heteroatoms. The van der Waals surface area contributed by atoms with Crippen LogP contribution in [-0.4, -0.2) is 52.4 Å². The highest BCUT2D eigenvalue weighted by Crippen LogP contribution is 2.21. The first-order valence-corrected chi connectivity index (χ1v) is 11.5. The molecule has 1 aliphatic rings. The number of pyridine rings is 1. The first kappa shape index (κ1) is 24.4. The number of ketones is 1. The molecule has 1 unspecified atom stereocenters. The predicted octanol–water partition coefficient (Wildman–Crippen LogP) is 2.86. The summed E-state index contributed by atoms with van der Waals surface area (Å²) in [6, 6.07) is 10.9. The molecule has 2 aromatic heterocycles. The van der Waals surface area contributed by atoms with E-state index in [9.17, 15) is 14.4 Å². The molecule has 1 saturated heterocycles. The van der Waals surface area contributed by atoms with E-state index in [1.54, 1.807) is 24.3 Å². The molecule has 0 saturated carbocycles. The fourth-order valence-electron chi connectivity index (χ4n) is 3.55. The number of carbonyl (C=O) groups is 3. The third-order valence-corrected chi connectivity index (χ3v) is 5.66. The van der Waals surface area contributed by atoms with Gasteiger partial charge in [-0.25, -0.2) is 4.98 Å². The first-order chi connectivity index (χ1) is 16.9. The van der Waals surface area contributed by atoms with Crippen LogP contribution in [0.3, 0.4) is 0 Å². The van der Waals surface area contributed by atoms with E-state index in [4.69, 9.17) is 11.6 Å². The molecule has 3 aromatic rings. The van der Waals surface area contributed by atoms with E-state index in [-0.39, 0.29) is 34.6 Å². The lowest BCUT2D eigenvalue weighted by Gasteiger charge is -2.15. The van der Waals surface area contributed by atoms with Gasteiger partial charge in [-0.1, -0.05) is 11.6 Å². The van der Waals surface area contributed by atoms with Gasteiger partial charge < -0.3 is 21.3 Å². The highest BCUT2D eigenvalue weighted by molar-refractivity contribution is 6.30. The van der Waals surface area contributed by atoms with Crippen LogP contribution in [0.25, 0.3) is 0 Å². The van der Waals surface area contributed by atoms with Gasteiger partial charge in [0, 0.05) is 18.3 Å². The Kier molecular flexibility index (Phi) is 7.76. The van der Waals surface area contributed by atoms with Gasteiger partial charge in [0.1, 0.15) is 5.82 Å². The molecule has 35 heavy (non-hydrogen) atoms. The van der Waals surface area contributed by atoms with Crippen LogP contribution in [-0.2, 0) is 0 Å². The molecule has 10 nitrogen and oxygen atoms in total. The molecule has 4 rings (SSSR count). The molecule has 0 radical (unpaired) electrons. The zero-order valence-corrected chi connectivity index (χ0v) is 19.7. The zero-order chi connectivity index (χ0) is 24.8. The quantitative estimate of drug-likeness (QED) is 0.384. The van der Waals surface area contributed by atoms with Crippen LogP contribution in [0.15, 0.2) is 48.7 Å². The summed E-state index contributed by atoms with van der Waals surface area (Å²) in [5.41, 5.74) is 1.47. The van der Waals surface area contributed by atoms with Crippen LogP contribution in [0.2, 0.25) is 5.02 Å². The van der Waals surface area contributed by atoms with E-state index >= 15 is 0 Å². The summed E-state index contributed by atoms with van der Waals surface area (Å²) in [6.45, 7) is 3.92. The van der Waals surface area contributed by atoms with Gasteiger partial charge in [-0.2, -0.15) is 5.10 Å². The Labute approximate surface area is 206 Å². The Hall–Kier alpha value is -3.73. The Balaban J connectivity index is 1.53. The number of anilines is 2. The van der Waals surface area contributed by atoms with Crippen molar-refractivity contribution in [1.29, 1.82) is 0 Å². The summed E-state index contributed by atoms with van der Waals surface area (Å²) < 4.78 is 0. The van der Waals surface area contributed by atoms with Crippen LogP contribution in [0, 0.1) is 0 Å². The lowest BCUT2D eigenvalue weighted by molar-refractivity contribution is 0.101. The number of nitrogens with one attached hydrogen (secondary N) is 4. The van der Waals surface area contributed by atoms with Gasteiger partial charge in [0.05, 0.1) is 28.0 Å². The SMILES string of the molecule is CC(=O)c1ccc(NC(=O)c2ccc(C3CNCCCN3)nn2)c(C(=O)Nc2ccc(Cl)cn2)c1. The Bertz CT molecular complexity index is 1220. The zero-order valence-electron chi connectivity index (χ0n) is 19.0. The average Bonchev–Trinajstić information content (AvgIpc) is 3.15. The Morgan fingerprint density at radius 3 is 2.57 bits per heavy atom. The van der Waals surface area contributed by atoms with Gasteiger partial charge in [0.25, 0.3) is 11.8 Å². The van der Waals surface area contributed by atoms with Gasteiger partial charge in [0.2, 0.25) is 0 Å². The highest BCUT2D eigenvalue weighted by Gasteiger charge is 2.19. The van der Waals surface area contributed by atoms with Gasteiger partial charge in [-0.05, 0) is 68.9 Å². The molecule has 3 heterocycles. The smallest absolute Gasteiger partial charge is 0.276 e. The van der Waals surface area contributed by atoms with Crippen LogP contribution in [0.5, 0.6) is 0 Å². The van der Waals surface area contributed by atoms with E-state index in [1.165, 1.54) is 31.3 Å². The maximum absolute atomic E-state index is 13.0. The topological polar surface area (TPSA) is 138 Å². The normalized spacial score (nSPS) is 15.7.